The van der Waals surface area contributed by atoms with Crippen molar-refractivity contribution in [3.05, 3.63) is 41.5 Å². The van der Waals surface area contributed by atoms with E-state index in [-0.39, 0.29) is 6.10 Å². The molecule has 2 unspecified atom stereocenters. The summed E-state index contributed by atoms with van der Waals surface area (Å²) in [5, 5.41) is 14.2. The third-order valence-corrected chi connectivity index (χ3v) is 4.59. The second-order valence-corrected chi connectivity index (χ2v) is 6.18. The maximum Gasteiger partial charge on any atom is 0.107 e. The highest BCUT2D eigenvalue weighted by atomic mass is 32.1. The molecule has 0 aliphatic carbocycles. The Bertz CT molecular complexity index is 512. The zero-order chi connectivity index (χ0) is 14.4. The number of aliphatic hydroxyl groups excluding tert-OH is 1. The van der Waals surface area contributed by atoms with Gasteiger partial charge >= 0.3 is 0 Å². The van der Waals surface area contributed by atoms with E-state index in [1.807, 2.05) is 24.4 Å². The number of aliphatic hydroxyl groups is 1. The SMILES string of the molecule is CCC(C)C(O)CNCc1ncc(-c2ccccc2)s1. The van der Waals surface area contributed by atoms with Crippen molar-refractivity contribution in [2.45, 2.75) is 32.9 Å². The number of rotatable bonds is 7. The first-order valence-electron chi connectivity index (χ1n) is 7.09. The number of hydrogen-bond acceptors (Lipinski definition) is 4. The van der Waals surface area contributed by atoms with Gasteiger partial charge < -0.3 is 10.4 Å². The summed E-state index contributed by atoms with van der Waals surface area (Å²) in [4.78, 5) is 5.61. The molecule has 0 amide bonds. The maximum absolute atomic E-state index is 9.90. The number of aromatic nitrogens is 1. The molecule has 0 spiro atoms. The van der Waals surface area contributed by atoms with Crippen molar-refractivity contribution in [3.8, 4) is 10.4 Å². The lowest BCUT2D eigenvalue weighted by Crippen LogP contribution is -2.31. The lowest BCUT2D eigenvalue weighted by Gasteiger charge is -2.17. The zero-order valence-corrected chi connectivity index (χ0v) is 12.9. The number of benzene rings is 1. The third kappa shape index (κ3) is 4.13. The summed E-state index contributed by atoms with van der Waals surface area (Å²) in [6.07, 6.45) is 2.63. The van der Waals surface area contributed by atoms with Gasteiger partial charge in [0.25, 0.3) is 0 Å². The van der Waals surface area contributed by atoms with E-state index >= 15 is 0 Å². The second kappa shape index (κ2) is 7.53. The molecule has 0 fully saturated rings. The van der Waals surface area contributed by atoms with Gasteiger partial charge in [-0.25, -0.2) is 4.98 Å². The Balaban J connectivity index is 1.85. The van der Waals surface area contributed by atoms with Crippen LogP contribution in [0, 0.1) is 5.92 Å². The molecule has 108 valence electrons. The third-order valence-electron chi connectivity index (χ3n) is 3.54. The summed E-state index contributed by atoms with van der Waals surface area (Å²) in [7, 11) is 0. The Kier molecular flexibility index (Phi) is 5.71. The van der Waals surface area contributed by atoms with Crippen molar-refractivity contribution in [3.63, 3.8) is 0 Å². The van der Waals surface area contributed by atoms with Gasteiger partial charge in [-0.1, -0.05) is 50.6 Å². The maximum atomic E-state index is 9.90. The molecule has 2 N–H and O–H groups in total. The normalized spacial score (nSPS) is 14.2. The van der Waals surface area contributed by atoms with Crippen molar-refractivity contribution in [2.24, 2.45) is 5.92 Å². The van der Waals surface area contributed by atoms with Crippen molar-refractivity contribution in [1.82, 2.24) is 10.3 Å². The summed E-state index contributed by atoms with van der Waals surface area (Å²) >= 11 is 1.70. The van der Waals surface area contributed by atoms with E-state index in [9.17, 15) is 5.11 Å². The van der Waals surface area contributed by atoms with E-state index in [1.165, 1.54) is 10.4 Å². The van der Waals surface area contributed by atoms with E-state index in [1.54, 1.807) is 11.3 Å². The molecule has 0 saturated carbocycles. The first kappa shape index (κ1) is 15.2. The molecule has 1 heterocycles. The fourth-order valence-corrected chi connectivity index (χ4v) is 2.82. The molecule has 2 rings (SSSR count). The highest BCUT2D eigenvalue weighted by Gasteiger charge is 2.11. The highest BCUT2D eigenvalue weighted by Crippen LogP contribution is 2.25. The summed E-state index contributed by atoms with van der Waals surface area (Å²) in [5.41, 5.74) is 1.20. The van der Waals surface area contributed by atoms with Crippen LogP contribution < -0.4 is 5.32 Å². The van der Waals surface area contributed by atoms with E-state index in [4.69, 9.17) is 0 Å². The molecule has 1 aromatic carbocycles. The Hall–Kier alpha value is -1.23. The van der Waals surface area contributed by atoms with Crippen LogP contribution in [0.4, 0.5) is 0 Å². The largest absolute Gasteiger partial charge is 0.392 e. The van der Waals surface area contributed by atoms with Crippen LogP contribution in [0.2, 0.25) is 0 Å². The molecular formula is C16H22N2OS. The summed E-state index contributed by atoms with van der Waals surface area (Å²) in [5.74, 6) is 0.332. The van der Waals surface area contributed by atoms with Crippen LogP contribution in [-0.4, -0.2) is 22.7 Å². The van der Waals surface area contributed by atoms with Crippen molar-refractivity contribution >= 4 is 11.3 Å². The minimum atomic E-state index is -0.284. The Labute approximate surface area is 124 Å². The molecule has 0 bridgehead atoms. The van der Waals surface area contributed by atoms with Crippen LogP contribution in [0.15, 0.2) is 36.5 Å². The van der Waals surface area contributed by atoms with Gasteiger partial charge in [-0.15, -0.1) is 11.3 Å². The standard InChI is InChI=1S/C16H22N2OS/c1-3-12(2)14(19)9-17-11-16-18-10-15(20-16)13-7-5-4-6-8-13/h4-8,10,12,14,17,19H,3,9,11H2,1-2H3. The molecule has 0 radical (unpaired) electrons. The molecular weight excluding hydrogens is 268 g/mol. The Morgan fingerprint density at radius 2 is 2.05 bits per heavy atom. The molecule has 4 heteroatoms. The molecule has 20 heavy (non-hydrogen) atoms. The van der Waals surface area contributed by atoms with E-state index in [2.05, 4.69) is 36.3 Å². The number of hydrogen-bond donors (Lipinski definition) is 2. The topological polar surface area (TPSA) is 45.1 Å². The van der Waals surface area contributed by atoms with Gasteiger partial charge in [-0.05, 0) is 11.5 Å². The van der Waals surface area contributed by atoms with Crippen LogP contribution in [-0.2, 0) is 6.54 Å². The van der Waals surface area contributed by atoms with Crippen molar-refractivity contribution < 1.29 is 5.11 Å². The lowest BCUT2D eigenvalue weighted by molar-refractivity contribution is 0.113. The summed E-state index contributed by atoms with van der Waals surface area (Å²) < 4.78 is 0. The minimum Gasteiger partial charge on any atom is -0.392 e. The summed E-state index contributed by atoms with van der Waals surface area (Å²) in [6, 6.07) is 10.3. The molecule has 1 aromatic heterocycles. The minimum absolute atomic E-state index is 0.284. The van der Waals surface area contributed by atoms with Crippen LogP contribution in [0.5, 0.6) is 0 Å². The molecule has 2 aromatic rings. The van der Waals surface area contributed by atoms with Gasteiger partial charge in [0.05, 0.1) is 11.0 Å². The van der Waals surface area contributed by atoms with Gasteiger partial charge in [-0.2, -0.15) is 0 Å². The quantitative estimate of drug-likeness (QED) is 0.822. The van der Waals surface area contributed by atoms with Gasteiger partial charge in [-0.3, -0.25) is 0 Å². The predicted molar refractivity (Wildman–Crippen MR) is 84.7 cm³/mol. The van der Waals surface area contributed by atoms with Crippen molar-refractivity contribution in [2.75, 3.05) is 6.54 Å². The van der Waals surface area contributed by atoms with Crippen LogP contribution in [0.1, 0.15) is 25.3 Å². The summed E-state index contributed by atoms with van der Waals surface area (Å²) in [6.45, 7) is 5.50. The van der Waals surface area contributed by atoms with Gasteiger partial charge in [0.1, 0.15) is 5.01 Å². The molecule has 2 atom stereocenters. The van der Waals surface area contributed by atoms with Gasteiger partial charge in [0.2, 0.25) is 0 Å². The first-order valence-corrected chi connectivity index (χ1v) is 7.91. The molecule has 3 nitrogen and oxygen atoms in total. The number of nitrogens with one attached hydrogen (secondary N) is 1. The smallest absolute Gasteiger partial charge is 0.107 e. The Morgan fingerprint density at radius 3 is 2.75 bits per heavy atom. The number of thiazole rings is 1. The average Bonchev–Trinajstić information content (AvgIpc) is 2.96. The molecule has 0 aliphatic rings. The first-order chi connectivity index (χ1) is 9.70. The molecule has 0 aliphatic heterocycles. The Morgan fingerprint density at radius 1 is 1.30 bits per heavy atom. The van der Waals surface area contributed by atoms with E-state index < -0.39 is 0 Å². The monoisotopic (exact) mass is 290 g/mol. The highest BCUT2D eigenvalue weighted by molar-refractivity contribution is 7.15. The fourth-order valence-electron chi connectivity index (χ4n) is 1.93. The van der Waals surface area contributed by atoms with E-state index in [0.29, 0.717) is 19.0 Å². The van der Waals surface area contributed by atoms with Gasteiger partial charge in [0.15, 0.2) is 0 Å². The molecule has 0 saturated heterocycles. The lowest BCUT2D eigenvalue weighted by atomic mass is 10.0. The van der Waals surface area contributed by atoms with Crippen LogP contribution in [0.25, 0.3) is 10.4 Å². The van der Waals surface area contributed by atoms with Crippen LogP contribution in [0.3, 0.4) is 0 Å². The van der Waals surface area contributed by atoms with E-state index in [0.717, 1.165) is 11.4 Å². The predicted octanol–water partition coefficient (Wildman–Crippen LogP) is 3.31. The number of nitrogens with zero attached hydrogens (tertiary/aromatic N) is 1. The fraction of sp³-hybridized carbons (Fsp3) is 0.438. The van der Waals surface area contributed by atoms with Crippen LogP contribution >= 0.6 is 11.3 Å². The van der Waals surface area contributed by atoms with Crippen molar-refractivity contribution in [1.29, 1.82) is 0 Å². The second-order valence-electron chi connectivity index (χ2n) is 5.07. The average molecular weight is 290 g/mol. The zero-order valence-electron chi connectivity index (χ0n) is 12.0. The van der Waals surface area contributed by atoms with Gasteiger partial charge in [0, 0.05) is 19.3 Å².